The monoisotopic (exact) mass is 1380 g/mol. The molecule has 510 valence electrons. The molecule has 0 saturated heterocycles. The standard InChI is InChI=1S/C100H70N8/c1-11-36-71(37-12-1)85-67-75(68-86(101-85)72-38-13-2-14-39-72)73-40-31-41-74(66-73)76-69-95(107-91-62-32-58-87(103(77-42-15-3-16-43-77)78-44-17-4-18-45-78)97(91)98-88(59-33-63-92(98)107)104(79-46-19-5-20-47-79)80-48-21-6-22-49-80)102-96(70-76)108-93-64-34-60-89(105(81-50-23-7-24-51-81)82-52-25-8-26-53-82)99(93)100-90(61-35-65-94(100)108)106(83-54-27-9-28-55-83)84-56-29-10-30-57-84/h1-70H. The third kappa shape index (κ3) is 11.8. The van der Waals surface area contributed by atoms with Crippen molar-refractivity contribution >= 4 is 112 Å². The van der Waals surface area contributed by atoms with Crippen molar-refractivity contribution in [1.82, 2.24) is 19.1 Å². The van der Waals surface area contributed by atoms with Crippen LogP contribution in [0.2, 0.25) is 0 Å². The van der Waals surface area contributed by atoms with Crippen molar-refractivity contribution in [2.45, 2.75) is 0 Å². The van der Waals surface area contributed by atoms with E-state index < -0.39 is 0 Å². The lowest BCUT2D eigenvalue weighted by atomic mass is 9.97. The molecule has 19 aromatic rings. The van der Waals surface area contributed by atoms with Gasteiger partial charge in [-0.05, 0) is 198 Å². The van der Waals surface area contributed by atoms with Crippen LogP contribution in [0.25, 0.3) is 100 Å². The lowest BCUT2D eigenvalue weighted by Gasteiger charge is -2.28. The van der Waals surface area contributed by atoms with E-state index in [0.717, 1.165) is 168 Å². The van der Waals surface area contributed by atoms with Gasteiger partial charge in [-0.25, -0.2) is 9.97 Å². The Kier molecular flexibility index (Phi) is 16.8. The molecule has 19 rings (SSSR count). The van der Waals surface area contributed by atoms with Crippen LogP contribution in [-0.4, -0.2) is 19.1 Å². The van der Waals surface area contributed by atoms with Crippen LogP contribution in [0.5, 0.6) is 0 Å². The summed E-state index contributed by atoms with van der Waals surface area (Å²) >= 11 is 0. The molecule has 8 nitrogen and oxygen atoms in total. The van der Waals surface area contributed by atoms with Gasteiger partial charge in [-0.2, -0.15) is 0 Å². The number of rotatable bonds is 18. The maximum atomic E-state index is 6.24. The van der Waals surface area contributed by atoms with Gasteiger partial charge in [0.2, 0.25) is 0 Å². The quantitative estimate of drug-likeness (QED) is 0.0853. The summed E-state index contributed by atoms with van der Waals surface area (Å²) in [6.07, 6.45) is 0. The molecule has 0 N–H and O–H groups in total. The van der Waals surface area contributed by atoms with E-state index in [2.05, 4.69) is 453 Å². The molecule has 15 aromatic carbocycles. The second kappa shape index (κ2) is 28.2. The van der Waals surface area contributed by atoms with Crippen LogP contribution in [-0.2, 0) is 0 Å². The van der Waals surface area contributed by atoms with Gasteiger partial charge in [-0.15, -0.1) is 0 Å². The summed E-state index contributed by atoms with van der Waals surface area (Å²) in [7, 11) is 0. The number of nitrogens with zero attached hydrogens (tertiary/aromatic N) is 8. The molecule has 0 aliphatic rings. The van der Waals surface area contributed by atoms with Crippen LogP contribution in [0.4, 0.5) is 68.2 Å². The second-order valence-corrected chi connectivity index (χ2v) is 26.9. The predicted octanol–water partition coefficient (Wildman–Crippen LogP) is 27.2. The molecule has 0 bridgehead atoms. The smallest absolute Gasteiger partial charge is 0.140 e. The molecular formula is C100H70N8. The Morgan fingerprint density at radius 3 is 0.630 bits per heavy atom. The van der Waals surface area contributed by atoms with Gasteiger partial charge in [0.25, 0.3) is 0 Å². The minimum absolute atomic E-state index is 0.730. The number of benzene rings is 15. The first-order valence-electron chi connectivity index (χ1n) is 36.6. The van der Waals surface area contributed by atoms with E-state index >= 15 is 0 Å². The number of pyridine rings is 2. The van der Waals surface area contributed by atoms with Crippen molar-refractivity contribution in [3.63, 3.8) is 0 Å². The molecule has 0 unspecified atom stereocenters. The van der Waals surface area contributed by atoms with Crippen molar-refractivity contribution in [3.8, 4) is 56.4 Å². The number of hydrogen-bond donors (Lipinski definition) is 0. The number of aromatic nitrogens is 4. The highest BCUT2D eigenvalue weighted by molar-refractivity contribution is 6.24. The van der Waals surface area contributed by atoms with E-state index in [4.69, 9.17) is 9.97 Å². The molecule has 0 saturated carbocycles. The van der Waals surface area contributed by atoms with Crippen molar-refractivity contribution < 1.29 is 0 Å². The average Bonchev–Trinajstić information content (AvgIpc) is 1.56. The Bertz CT molecular complexity index is 5600. The molecule has 8 heteroatoms. The Hall–Kier alpha value is -14.6. The Labute approximate surface area is 627 Å². The molecule has 0 fully saturated rings. The van der Waals surface area contributed by atoms with E-state index in [9.17, 15) is 0 Å². The lowest BCUT2D eigenvalue weighted by Crippen LogP contribution is -2.11. The number of fused-ring (bicyclic) bond motifs is 6. The van der Waals surface area contributed by atoms with Gasteiger partial charge >= 0.3 is 0 Å². The fraction of sp³-hybridized carbons (Fsp3) is 0. The Morgan fingerprint density at radius 1 is 0.167 bits per heavy atom. The summed E-state index contributed by atoms with van der Waals surface area (Å²) in [5, 5.41) is 4.22. The summed E-state index contributed by atoms with van der Waals surface area (Å²) in [5.41, 5.74) is 24.2. The zero-order chi connectivity index (χ0) is 71.7. The molecule has 0 amide bonds. The van der Waals surface area contributed by atoms with Crippen molar-refractivity contribution in [3.05, 3.63) is 425 Å². The Balaban J connectivity index is 0.942. The third-order valence-corrected chi connectivity index (χ3v) is 20.4. The number of para-hydroxylation sites is 8. The van der Waals surface area contributed by atoms with Crippen molar-refractivity contribution in [1.29, 1.82) is 0 Å². The van der Waals surface area contributed by atoms with Gasteiger partial charge in [0, 0.05) is 78.2 Å². The summed E-state index contributed by atoms with van der Waals surface area (Å²) in [6, 6.07) is 152. The zero-order valence-electron chi connectivity index (χ0n) is 59.0. The average molecular weight is 1380 g/mol. The van der Waals surface area contributed by atoms with Gasteiger partial charge in [0.05, 0.1) is 56.2 Å². The summed E-state index contributed by atoms with van der Waals surface area (Å²) in [5.74, 6) is 1.46. The maximum Gasteiger partial charge on any atom is 0.140 e. The Morgan fingerprint density at radius 2 is 0.380 bits per heavy atom. The largest absolute Gasteiger partial charge is 0.310 e. The highest BCUT2D eigenvalue weighted by Gasteiger charge is 2.30. The summed E-state index contributed by atoms with van der Waals surface area (Å²) in [4.78, 5) is 21.2. The van der Waals surface area contributed by atoms with Crippen LogP contribution in [0, 0.1) is 0 Å². The van der Waals surface area contributed by atoms with Gasteiger partial charge in [-0.1, -0.05) is 249 Å². The molecule has 0 spiro atoms. The first-order chi connectivity index (χ1) is 53.6. The lowest BCUT2D eigenvalue weighted by molar-refractivity contribution is 1.01. The predicted molar refractivity (Wildman–Crippen MR) is 451 cm³/mol. The molecule has 4 heterocycles. The van der Waals surface area contributed by atoms with E-state index in [1.165, 1.54) is 0 Å². The van der Waals surface area contributed by atoms with Gasteiger partial charge in [-0.3, -0.25) is 9.13 Å². The second-order valence-electron chi connectivity index (χ2n) is 26.9. The first-order valence-corrected chi connectivity index (χ1v) is 36.6. The molecule has 4 aromatic heterocycles. The van der Waals surface area contributed by atoms with E-state index in [1.54, 1.807) is 0 Å². The SMILES string of the molecule is c1ccc(-c2cc(-c3cccc(-c4cc(-n5c6cccc(N(c7ccccc7)c7ccccc7)c6c6c(N(c7ccccc7)c7ccccc7)cccc65)nc(-n5c6cccc(N(c7ccccc7)c7ccccc7)c6c6c(N(c7ccccc7)c7ccccc7)cccc65)c4)c3)cc(-c3ccccc3)n2)cc1. The molecule has 0 aliphatic carbocycles. The molecule has 0 atom stereocenters. The van der Waals surface area contributed by atoms with Gasteiger partial charge in [0.1, 0.15) is 11.6 Å². The van der Waals surface area contributed by atoms with Crippen LogP contribution in [0.15, 0.2) is 425 Å². The summed E-state index contributed by atoms with van der Waals surface area (Å²) < 4.78 is 4.84. The fourth-order valence-corrected chi connectivity index (χ4v) is 15.7. The highest BCUT2D eigenvalue weighted by atomic mass is 15.2. The first kappa shape index (κ1) is 64.3. The molecule has 0 aliphatic heterocycles. The van der Waals surface area contributed by atoms with Gasteiger partial charge < -0.3 is 19.6 Å². The third-order valence-electron chi connectivity index (χ3n) is 20.4. The minimum Gasteiger partial charge on any atom is -0.310 e. The van der Waals surface area contributed by atoms with E-state index in [-0.39, 0.29) is 0 Å². The number of anilines is 12. The number of hydrogen-bond acceptors (Lipinski definition) is 6. The molecular weight excluding hydrogens is 1310 g/mol. The normalized spacial score (nSPS) is 11.3. The zero-order valence-corrected chi connectivity index (χ0v) is 59.0. The van der Waals surface area contributed by atoms with Crippen LogP contribution >= 0.6 is 0 Å². The topological polar surface area (TPSA) is 48.6 Å². The highest BCUT2D eigenvalue weighted by Crippen LogP contribution is 2.52. The maximum absolute atomic E-state index is 6.24. The summed E-state index contributed by atoms with van der Waals surface area (Å²) in [6.45, 7) is 0. The molecule has 108 heavy (non-hydrogen) atoms. The fourth-order valence-electron chi connectivity index (χ4n) is 15.7. The minimum atomic E-state index is 0.730. The van der Waals surface area contributed by atoms with E-state index in [0.29, 0.717) is 0 Å². The van der Waals surface area contributed by atoms with Crippen molar-refractivity contribution in [2.24, 2.45) is 0 Å². The van der Waals surface area contributed by atoms with E-state index in [1.807, 2.05) is 0 Å². The van der Waals surface area contributed by atoms with Crippen LogP contribution in [0.3, 0.4) is 0 Å². The molecule has 0 radical (unpaired) electrons. The van der Waals surface area contributed by atoms with Crippen LogP contribution < -0.4 is 19.6 Å². The van der Waals surface area contributed by atoms with Crippen molar-refractivity contribution in [2.75, 3.05) is 19.6 Å². The van der Waals surface area contributed by atoms with Crippen LogP contribution in [0.1, 0.15) is 0 Å². The van der Waals surface area contributed by atoms with Gasteiger partial charge in [0.15, 0.2) is 0 Å².